The van der Waals surface area contributed by atoms with E-state index in [0.29, 0.717) is 23.3 Å². The molecule has 1 aromatic heterocycles. The van der Waals surface area contributed by atoms with E-state index in [1.807, 2.05) is 55.5 Å². The minimum atomic E-state index is -0.0285. The number of nitrogens with one attached hydrogen (secondary N) is 1. The van der Waals surface area contributed by atoms with Crippen LogP contribution in [0.4, 0.5) is 5.88 Å². The Hall–Kier alpha value is -3.46. The third-order valence-electron chi connectivity index (χ3n) is 3.84. The van der Waals surface area contributed by atoms with Crippen molar-refractivity contribution in [1.82, 2.24) is 4.98 Å². The SMILES string of the molecule is COc1ccccc1OCc1nc(C#N)c(N[C@H](C)c2ccccc2)o1. The molecule has 0 aliphatic rings. The first-order valence-electron chi connectivity index (χ1n) is 8.18. The van der Waals surface area contributed by atoms with Crippen LogP contribution in [-0.4, -0.2) is 12.1 Å². The van der Waals surface area contributed by atoms with E-state index in [1.54, 1.807) is 19.2 Å². The maximum Gasteiger partial charge on any atom is 0.236 e. The number of oxazole rings is 1. The Balaban J connectivity index is 1.71. The summed E-state index contributed by atoms with van der Waals surface area (Å²) < 4.78 is 16.6. The fraction of sp³-hybridized carbons (Fsp3) is 0.200. The summed E-state index contributed by atoms with van der Waals surface area (Å²) in [6.45, 7) is 2.08. The highest BCUT2D eigenvalue weighted by atomic mass is 16.5. The highest BCUT2D eigenvalue weighted by molar-refractivity contribution is 5.47. The second-order valence-corrected chi connectivity index (χ2v) is 5.61. The van der Waals surface area contributed by atoms with Crippen molar-refractivity contribution in [3.8, 4) is 17.6 Å². The fourth-order valence-corrected chi connectivity index (χ4v) is 2.50. The fourth-order valence-electron chi connectivity index (χ4n) is 2.50. The zero-order chi connectivity index (χ0) is 18.4. The molecule has 0 saturated carbocycles. The van der Waals surface area contributed by atoms with Crippen LogP contribution in [0.5, 0.6) is 11.5 Å². The average Bonchev–Trinajstić information content (AvgIpc) is 3.09. The molecular weight excluding hydrogens is 330 g/mol. The van der Waals surface area contributed by atoms with E-state index < -0.39 is 0 Å². The van der Waals surface area contributed by atoms with E-state index in [0.717, 1.165) is 5.56 Å². The molecule has 0 spiro atoms. The van der Waals surface area contributed by atoms with Crippen LogP contribution < -0.4 is 14.8 Å². The molecular formula is C20H19N3O3. The van der Waals surface area contributed by atoms with Gasteiger partial charge in [0.2, 0.25) is 17.5 Å². The molecule has 1 heterocycles. The summed E-state index contributed by atoms with van der Waals surface area (Å²) in [5.74, 6) is 1.85. The predicted molar refractivity (Wildman–Crippen MR) is 97.0 cm³/mol. The Morgan fingerprint density at radius 2 is 1.81 bits per heavy atom. The summed E-state index contributed by atoms with van der Waals surface area (Å²) >= 11 is 0. The van der Waals surface area contributed by atoms with Crippen molar-refractivity contribution in [2.75, 3.05) is 12.4 Å². The zero-order valence-electron chi connectivity index (χ0n) is 14.6. The zero-order valence-corrected chi connectivity index (χ0v) is 14.6. The number of hydrogen-bond donors (Lipinski definition) is 1. The minimum Gasteiger partial charge on any atom is -0.493 e. The predicted octanol–water partition coefficient (Wildman–Crippen LogP) is 4.31. The maximum atomic E-state index is 9.31. The van der Waals surface area contributed by atoms with Gasteiger partial charge in [0.05, 0.1) is 13.2 Å². The van der Waals surface area contributed by atoms with Crippen LogP contribution in [0.3, 0.4) is 0 Å². The highest BCUT2D eigenvalue weighted by Gasteiger charge is 2.16. The number of para-hydroxylation sites is 2. The van der Waals surface area contributed by atoms with E-state index in [4.69, 9.17) is 13.9 Å². The summed E-state index contributed by atoms with van der Waals surface area (Å²) in [5, 5.41) is 12.5. The molecule has 1 N–H and O–H groups in total. The molecule has 0 bridgehead atoms. The molecule has 0 radical (unpaired) electrons. The second kappa shape index (κ2) is 8.08. The van der Waals surface area contributed by atoms with Gasteiger partial charge in [-0.2, -0.15) is 10.2 Å². The summed E-state index contributed by atoms with van der Waals surface area (Å²) in [7, 11) is 1.58. The van der Waals surface area contributed by atoms with E-state index in [9.17, 15) is 5.26 Å². The van der Waals surface area contributed by atoms with Gasteiger partial charge in [0.1, 0.15) is 6.07 Å². The second-order valence-electron chi connectivity index (χ2n) is 5.61. The largest absolute Gasteiger partial charge is 0.493 e. The number of nitrogens with zero attached hydrogens (tertiary/aromatic N) is 2. The highest BCUT2D eigenvalue weighted by Crippen LogP contribution is 2.28. The van der Waals surface area contributed by atoms with Crippen molar-refractivity contribution in [1.29, 1.82) is 5.26 Å². The van der Waals surface area contributed by atoms with E-state index in [2.05, 4.69) is 10.3 Å². The molecule has 0 fully saturated rings. The van der Waals surface area contributed by atoms with Crippen LogP contribution in [0.15, 0.2) is 59.0 Å². The third-order valence-corrected chi connectivity index (χ3v) is 3.84. The van der Waals surface area contributed by atoms with Gasteiger partial charge in [-0.3, -0.25) is 0 Å². The van der Waals surface area contributed by atoms with Crippen LogP contribution >= 0.6 is 0 Å². The van der Waals surface area contributed by atoms with Crippen molar-refractivity contribution >= 4 is 5.88 Å². The maximum absolute atomic E-state index is 9.31. The molecule has 6 nitrogen and oxygen atoms in total. The number of methoxy groups -OCH3 is 1. The summed E-state index contributed by atoms with van der Waals surface area (Å²) in [4.78, 5) is 4.19. The molecule has 0 amide bonds. The quantitative estimate of drug-likeness (QED) is 0.685. The van der Waals surface area contributed by atoms with E-state index in [-0.39, 0.29) is 18.3 Å². The van der Waals surface area contributed by atoms with Gasteiger partial charge in [-0.05, 0) is 24.6 Å². The molecule has 0 aliphatic carbocycles. The van der Waals surface area contributed by atoms with Gasteiger partial charge in [-0.15, -0.1) is 0 Å². The van der Waals surface area contributed by atoms with Gasteiger partial charge in [0, 0.05) is 0 Å². The van der Waals surface area contributed by atoms with Crippen LogP contribution in [0, 0.1) is 11.3 Å². The standard InChI is InChI=1S/C20H19N3O3/c1-14(15-8-4-3-5-9-15)22-20-16(12-21)23-19(26-20)13-25-18-11-7-6-10-17(18)24-2/h3-11,14,22H,13H2,1-2H3/t14-/m1/s1. The number of hydrogen-bond acceptors (Lipinski definition) is 6. The van der Waals surface area contributed by atoms with Crippen LogP contribution in [0.2, 0.25) is 0 Å². The first-order chi connectivity index (χ1) is 12.7. The summed E-state index contributed by atoms with van der Waals surface area (Å²) in [6, 6.07) is 19.2. The Labute approximate surface area is 152 Å². The van der Waals surface area contributed by atoms with Gasteiger partial charge in [0.15, 0.2) is 18.1 Å². The third kappa shape index (κ3) is 3.95. The Morgan fingerprint density at radius 3 is 2.50 bits per heavy atom. The molecule has 3 rings (SSSR count). The van der Waals surface area contributed by atoms with E-state index in [1.165, 1.54) is 0 Å². The summed E-state index contributed by atoms with van der Waals surface area (Å²) in [5.41, 5.74) is 1.28. The van der Waals surface area contributed by atoms with Crippen LogP contribution in [0.1, 0.15) is 30.1 Å². The normalized spacial score (nSPS) is 11.4. The molecule has 0 unspecified atom stereocenters. The van der Waals surface area contributed by atoms with Crippen LogP contribution in [0.25, 0.3) is 0 Å². The molecule has 132 valence electrons. The number of anilines is 1. The monoisotopic (exact) mass is 349 g/mol. The molecule has 6 heteroatoms. The van der Waals surface area contributed by atoms with Crippen molar-refractivity contribution in [3.05, 3.63) is 71.7 Å². The lowest BCUT2D eigenvalue weighted by Crippen LogP contribution is -2.06. The Morgan fingerprint density at radius 1 is 1.12 bits per heavy atom. The molecule has 2 aromatic carbocycles. The minimum absolute atomic E-state index is 0.0285. The van der Waals surface area contributed by atoms with Crippen molar-refractivity contribution in [2.45, 2.75) is 19.6 Å². The molecule has 1 atom stereocenters. The molecule has 0 saturated heterocycles. The van der Waals surface area contributed by atoms with Crippen molar-refractivity contribution in [3.63, 3.8) is 0 Å². The van der Waals surface area contributed by atoms with Gasteiger partial charge in [-0.1, -0.05) is 42.5 Å². The topological polar surface area (TPSA) is 80.3 Å². The molecule has 3 aromatic rings. The molecule has 26 heavy (non-hydrogen) atoms. The lowest BCUT2D eigenvalue weighted by atomic mass is 10.1. The van der Waals surface area contributed by atoms with Crippen LogP contribution in [-0.2, 0) is 6.61 Å². The van der Waals surface area contributed by atoms with Gasteiger partial charge < -0.3 is 19.2 Å². The Kier molecular flexibility index (Phi) is 5.40. The smallest absolute Gasteiger partial charge is 0.236 e. The average molecular weight is 349 g/mol. The number of rotatable bonds is 7. The van der Waals surface area contributed by atoms with E-state index >= 15 is 0 Å². The molecule has 0 aliphatic heterocycles. The van der Waals surface area contributed by atoms with Gasteiger partial charge in [0.25, 0.3) is 0 Å². The lowest BCUT2D eigenvalue weighted by molar-refractivity contribution is 0.251. The number of nitriles is 1. The van der Waals surface area contributed by atoms with Crippen molar-refractivity contribution in [2.24, 2.45) is 0 Å². The van der Waals surface area contributed by atoms with Crippen molar-refractivity contribution < 1.29 is 13.9 Å². The Bertz CT molecular complexity index is 900. The van der Waals surface area contributed by atoms with Gasteiger partial charge in [-0.25, -0.2) is 0 Å². The number of aromatic nitrogens is 1. The first kappa shape index (κ1) is 17.4. The van der Waals surface area contributed by atoms with Gasteiger partial charge >= 0.3 is 0 Å². The number of ether oxygens (including phenoxy) is 2. The lowest BCUT2D eigenvalue weighted by Gasteiger charge is -2.13. The first-order valence-corrected chi connectivity index (χ1v) is 8.18. The number of benzene rings is 2. The summed E-state index contributed by atoms with van der Waals surface area (Å²) in [6.07, 6.45) is 0.